The summed E-state index contributed by atoms with van der Waals surface area (Å²) in [4.78, 5) is 9.87. The maximum absolute atomic E-state index is 9.31. The van der Waals surface area contributed by atoms with Crippen LogP contribution in [-0.2, 0) is 0 Å². The molecule has 4 rings (SSSR count). The van der Waals surface area contributed by atoms with E-state index in [1.807, 2.05) is 84.9 Å². The van der Waals surface area contributed by atoms with Gasteiger partial charge in [-0.2, -0.15) is 15.8 Å². The van der Waals surface area contributed by atoms with Crippen LogP contribution < -0.4 is 9.20 Å². The molecule has 150 valence electrons. The Hall–Kier alpha value is -4.42. The van der Waals surface area contributed by atoms with Gasteiger partial charge in [0.2, 0.25) is 0 Å². The van der Waals surface area contributed by atoms with Gasteiger partial charge >= 0.3 is 0 Å². The number of nitrogens with zero attached hydrogens (tertiary/aromatic N) is 5. The zero-order valence-electron chi connectivity index (χ0n) is 16.4. The summed E-state index contributed by atoms with van der Waals surface area (Å²) in [6.45, 7) is 0. The molecule has 0 unspecified atom stereocenters. The number of hydrogen-bond donors (Lipinski definition) is 1. The smallest absolute Gasteiger partial charge is 0.168 e. The summed E-state index contributed by atoms with van der Waals surface area (Å²) in [5, 5.41) is 36.0. The summed E-state index contributed by atoms with van der Waals surface area (Å²) in [5.41, 5.74) is 2.77. The van der Waals surface area contributed by atoms with Crippen molar-refractivity contribution in [1.82, 2.24) is 9.97 Å². The van der Waals surface area contributed by atoms with E-state index in [2.05, 4.69) is 9.97 Å². The van der Waals surface area contributed by atoms with Gasteiger partial charge in [0.15, 0.2) is 16.3 Å². The highest BCUT2D eigenvalue weighted by Gasteiger charge is 2.16. The highest BCUT2D eigenvalue weighted by atomic mass is 32.1. The normalized spacial score (nSPS) is 10.7. The van der Waals surface area contributed by atoms with Crippen molar-refractivity contribution in [2.45, 2.75) is 0 Å². The Kier molecular flexibility index (Phi) is 5.96. The molecule has 0 amide bonds. The van der Waals surface area contributed by atoms with Crippen LogP contribution in [0.4, 0.5) is 0 Å². The molecule has 0 radical (unpaired) electrons. The molecular formula is C24H12N6S2. The zero-order chi connectivity index (χ0) is 22.5. The average Bonchev–Trinajstić information content (AvgIpc) is 3.45. The Morgan fingerprint density at radius 3 is 1.94 bits per heavy atom. The van der Waals surface area contributed by atoms with E-state index in [0.29, 0.717) is 21.1 Å². The van der Waals surface area contributed by atoms with Gasteiger partial charge in [0, 0.05) is 11.1 Å². The largest absolute Gasteiger partial charge is 0.288 e. The highest BCUT2D eigenvalue weighted by molar-refractivity contribution is 7.15. The van der Waals surface area contributed by atoms with Crippen LogP contribution in [0.25, 0.3) is 34.2 Å². The zero-order valence-corrected chi connectivity index (χ0v) is 18.0. The molecule has 2 aromatic heterocycles. The van der Waals surface area contributed by atoms with Gasteiger partial charge in [-0.05, 0) is 6.08 Å². The quantitative estimate of drug-likeness (QED) is 0.475. The lowest BCUT2D eigenvalue weighted by molar-refractivity contribution is 1.33. The minimum atomic E-state index is -0.204. The molecule has 2 heterocycles. The van der Waals surface area contributed by atoms with E-state index in [1.54, 1.807) is 0 Å². The van der Waals surface area contributed by atoms with Gasteiger partial charge in [0.05, 0.1) is 20.8 Å². The first-order chi connectivity index (χ1) is 15.6. The third-order valence-electron chi connectivity index (χ3n) is 4.43. The van der Waals surface area contributed by atoms with Crippen molar-refractivity contribution in [3.05, 3.63) is 79.7 Å². The second-order valence-electron chi connectivity index (χ2n) is 6.43. The van der Waals surface area contributed by atoms with E-state index >= 15 is 0 Å². The molecule has 0 aliphatic heterocycles. The molecule has 4 aromatic rings. The van der Waals surface area contributed by atoms with Crippen LogP contribution in [0.5, 0.6) is 0 Å². The highest BCUT2D eigenvalue weighted by Crippen LogP contribution is 2.29. The number of rotatable bonds is 4. The van der Waals surface area contributed by atoms with Crippen LogP contribution in [0.15, 0.2) is 60.7 Å². The fourth-order valence-corrected chi connectivity index (χ4v) is 4.95. The van der Waals surface area contributed by atoms with Gasteiger partial charge in [0.25, 0.3) is 0 Å². The molecule has 0 fully saturated rings. The van der Waals surface area contributed by atoms with Gasteiger partial charge < -0.3 is 0 Å². The summed E-state index contributed by atoms with van der Waals surface area (Å²) >= 11 is 2.49. The molecule has 0 bridgehead atoms. The number of nitrogens with one attached hydrogen (secondary N) is 1. The molecule has 0 aliphatic rings. The van der Waals surface area contributed by atoms with E-state index < -0.39 is 0 Å². The van der Waals surface area contributed by atoms with Gasteiger partial charge in [-0.25, -0.2) is 9.97 Å². The first-order valence-electron chi connectivity index (χ1n) is 9.28. The lowest BCUT2D eigenvalue weighted by Gasteiger charge is -1.99. The number of hydrogen-bond acceptors (Lipinski definition) is 8. The molecule has 1 N–H and O–H groups in total. The molecule has 6 nitrogen and oxygen atoms in total. The van der Waals surface area contributed by atoms with Crippen LogP contribution in [0.2, 0.25) is 0 Å². The molecule has 8 heteroatoms. The van der Waals surface area contributed by atoms with Crippen LogP contribution in [0.3, 0.4) is 0 Å². The van der Waals surface area contributed by atoms with E-state index in [4.69, 9.17) is 5.41 Å². The molecule has 0 spiro atoms. The second-order valence-corrected chi connectivity index (χ2v) is 8.49. The standard InChI is InChI=1S/C24H12N6S2/c25-12-17(13-26)23-29-21(15-7-3-1-4-8-15)19(31-23)11-20-22(16-9-5-2-6-10-16)30-24(32-20)18(28)14-27/h1-11,28H/b19-11-,28-18?. The van der Waals surface area contributed by atoms with E-state index in [-0.39, 0.29) is 11.3 Å². The lowest BCUT2D eigenvalue weighted by Crippen LogP contribution is -2.01. The third kappa shape index (κ3) is 4.08. The topological polar surface area (TPSA) is 121 Å². The van der Waals surface area contributed by atoms with Gasteiger partial charge in [-0.1, -0.05) is 60.7 Å². The summed E-state index contributed by atoms with van der Waals surface area (Å²) in [6.07, 6.45) is 1.89. The predicted octanol–water partition coefficient (Wildman–Crippen LogP) is 3.85. The van der Waals surface area contributed by atoms with Crippen LogP contribution >= 0.6 is 22.7 Å². The van der Waals surface area contributed by atoms with Gasteiger partial charge in [0.1, 0.15) is 22.9 Å². The van der Waals surface area contributed by atoms with Crippen molar-refractivity contribution in [2.24, 2.45) is 0 Å². The minimum Gasteiger partial charge on any atom is -0.288 e. The van der Waals surface area contributed by atoms with Gasteiger partial charge in [-0.15, -0.1) is 22.7 Å². The maximum atomic E-state index is 9.31. The van der Waals surface area contributed by atoms with E-state index in [0.717, 1.165) is 20.5 Å². The molecule has 32 heavy (non-hydrogen) atoms. The Balaban J connectivity index is 2.03. The third-order valence-corrected chi connectivity index (χ3v) is 6.47. The average molecular weight is 449 g/mol. The van der Waals surface area contributed by atoms with Crippen LogP contribution in [-0.4, -0.2) is 15.7 Å². The lowest BCUT2D eigenvalue weighted by atomic mass is 10.1. The summed E-state index contributed by atoms with van der Waals surface area (Å²) in [5.74, 6) is 0. The first-order valence-corrected chi connectivity index (χ1v) is 10.9. The molecule has 0 atom stereocenters. The van der Waals surface area contributed by atoms with Crippen molar-refractivity contribution in [2.75, 3.05) is 0 Å². The van der Waals surface area contributed by atoms with E-state index in [1.165, 1.54) is 22.7 Å². The summed E-state index contributed by atoms with van der Waals surface area (Å²) in [7, 11) is 0. The molecular weight excluding hydrogens is 436 g/mol. The SMILES string of the molecule is N#CC(=N)c1nc(-c2ccccc2)c(/C=c2\sc(=C(C#N)C#N)nc2-c2ccccc2)s1. The number of thiazole rings is 2. The minimum absolute atomic E-state index is 0.0497. The number of nitriles is 3. The van der Waals surface area contributed by atoms with Crippen molar-refractivity contribution >= 4 is 40.0 Å². The van der Waals surface area contributed by atoms with Crippen LogP contribution in [0.1, 0.15) is 9.88 Å². The molecule has 0 saturated heterocycles. The number of benzene rings is 2. The van der Waals surface area contributed by atoms with Gasteiger partial charge in [-0.3, -0.25) is 5.41 Å². The second kappa shape index (κ2) is 9.16. The Morgan fingerprint density at radius 1 is 0.781 bits per heavy atom. The molecule has 2 aromatic carbocycles. The summed E-state index contributed by atoms with van der Waals surface area (Å²) in [6, 6.07) is 24.7. The maximum Gasteiger partial charge on any atom is 0.168 e. The first kappa shape index (κ1) is 20.8. The number of aromatic nitrogens is 2. The van der Waals surface area contributed by atoms with Crippen molar-refractivity contribution in [1.29, 1.82) is 21.2 Å². The molecule has 0 saturated carbocycles. The monoisotopic (exact) mass is 448 g/mol. The van der Waals surface area contributed by atoms with Crippen LogP contribution in [0, 0.1) is 39.4 Å². The Bertz CT molecular complexity index is 1540. The Morgan fingerprint density at radius 2 is 1.38 bits per heavy atom. The van der Waals surface area contributed by atoms with Crippen molar-refractivity contribution in [3.8, 4) is 40.7 Å². The van der Waals surface area contributed by atoms with Crippen molar-refractivity contribution in [3.63, 3.8) is 0 Å². The fourth-order valence-electron chi connectivity index (χ4n) is 2.97. The summed E-state index contributed by atoms with van der Waals surface area (Å²) < 4.78 is 1.10. The fraction of sp³-hybridized carbons (Fsp3) is 0. The molecule has 0 aliphatic carbocycles. The Labute approximate surface area is 191 Å². The predicted molar refractivity (Wildman–Crippen MR) is 125 cm³/mol. The van der Waals surface area contributed by atoms with E-state index in [9.17, 15) is 15.8 Å². The van der Waals surface area contributed by atoms with Crippen molar-refractivity contribution < 1.29 is 0 Å².